The predicted molar refractivity (Wildman–Crippen MR) is 250 cm³/mol. The van der Waals surface area contributed by atoms with Crippen LogP contribution in [0.3, 0.4) is 0 Å². The maximum atomic E-state index is 13.2. The number of thiazole rings is 1. The van der Waals surface area contributed by atoms with E-state index in [1.807, 2.05) is 42.5 Å². The van der Waals surface area contributed by atoms with E-state index in [1.54, 1.807) is 91.5 Å². The maximum absolute atomic E-state index is 13.2. The average molecular weight is 1070 g/mol. The Bertz CT molecular complexity index is 2480. The lowest BCUT2D eigenvalue weighted by molar-refractivity contribution is -0.782. The number of aromatic nitrogens is 3. The van der Waals surface area contributed by atoms with Crippen LogP contribution in [0.1, 0.15) is 88.8 Å². The fourth-order valence-electron chi connectivity index (χ4n) is 5.76. The molecule has 4 N–H and O–H groups in total. The van der Waals surface area contributed by atoms with Gasteiger partial charge >= 0.3 is 35.7 Å². The summed E-state index contributed by atoms with van der Waals surface area (Å²) >= 11 is 0.934. The smallest absolute Gasteiger partial charge is 0.485 e. The van der Waals surface area contributed by atoms with Crippen molar-refractivity contribution in [2.75, 3.05) is 31.6 Å². The molecule has 402 valence electrons. The topological polar surface area (TPSA) is 300 Å². The van der Waals surface area contributed by atoms with Crippen LogP contribution in [0.2, 0.25) is 0 Å². The molecule has 1 saturated heterocycles. The number of aliphatic hydroxyl groups is 1. The van der Waals surface area contributed by atoms with Crippen molar-refractivity contribution in [3.8, 4) is 16.9 Å². The summed E-state index contributed by atoms with van der Waals surface area (Å²) in [6.07, 6.45) is -0.496. The molecular formula is C44H62F3N7O16S2. The number of esters is 1. The van der Waals surface area contributed by atoms with E-state index in [9.17, 15) is 47.4 Å². The Morgan fingerprint density at radius 3 is 1.93 bits per heavy atom. The number of halogens is 3. The van der Waals surface area contributed by atoms with Crippen molar-refractivity contribution in [1.29, 1.82) is 0 Å². The number of carbonyl (C=O) groups excluding carboxylic acids is 4. The fourth-order valence-corrected chi connectivity index (χ4v) is 6.44. The number of aliphatic carboxylic acids is 1. The molecular weight excluding hydrogens is 1000 g/mol. The number of alkyl carbamates (subject to hydrolysis) is 1. The monoisotopic (exact) mass is 1070 g/mol. The third kappa shape index (κ3) is 21.2. The highest BCUT2D eigenvalue weighted by atomic mass is 32.2. The number of anilines is 1. The summed E-state index contributed by atoms with van der Waals surface area (Å²) < 4.78 is 90.1. The van der Waals surface area contributed by atoms with Crippen LogP contribution in [-0.2, 0) is 56.6 Å². The summed E-state index contributed by atoms with van der Waals surface area (Å²) in [5, 5.41) is 31.1. The van der Waals surface area contributed by atoms with E-state index in [0.717, 1.165) is 22.5 Å². The second kappa shape index (κ2) is 24.0. The number of hydrogen-bond donors (Lipinski definition) is 4. The number of alkyl halides is 3. The van der Waals surface area contributed by atoms with Crippen LogP contribution in [0.5, 0.6) is 5.75 Å². The van der Waals surface area contributed by atoms with Crippen molar-refractivity contribution in [3.63, 3.8) is 0 Å². The van der Waals surface area contributed by atoms with E-state index < -0.39 is 86.7 Å². The number of carbonyl (C=O) groups is 5. The molecule has 3 amide bonds. The van der Waals surface area contributed by atoms with Gasteiger partial charge in [-0.05, 0) is 101 Å². The van der Waals surface area contributed by atoms with Gasteiger partial charge in [-0.2, -0.15) is 17.9 Å². The van der Waals surface area contributed by atoms with Gasteiger partial charge in [-0.25, -0.2) is 37.4 Å². The zero-order valence-electron chi connectivity index (χ0n) is 41.8. The molecule has 1 aromatic carbocycles. The molecule has 1 fully saturated rings. The number of benzene rings is 1. The molecule has 4 rings (SSSR count). The summed E-state index contributed by atoms with van der Waals surface area (Å²) in [6, 6.07) is 6.94. The van der Waals surface area contributed by atoms with Crippen LogP contribution >= 0.6 is 11.3 Å². The van der Waals surface area contributed by atoms with Crippen LogP contribution in [0.15, 0.2) is 47.2 Å². The average Bonchev–Trinajstić information content (AvgIpc) is 3.79. The standard InChI is InChI=1S/C43H61N7O13S.CHF3O3S/c1-40(2,3)59-35(54)32(63-47-33(34(52)53)31-25-64-36(45-31)46-38(56)61-42(7,8)9)24-58-30-15-13-27(14-16-30)28-21-49(20-26-18-48(19-26)39(57)62-43(10,11)12)50(22-28)23-29(51)17-44-37(55)60-41(4,5)6;2-1(3,4)8(5,6)7/h13-16,21-22,25-26,29,32,51H,17-20,23-24H2,1-12H3,(H2-,44,45,46,52,53,55,56);(H,5,6,7)/b47-33-;/t29-,32-;/m0./s1. The molecule has 3 aromatic rings. The summed E-state index contributed by atoms with van der Waals surface area (Å²) in [4.78, 5) is 73.7. The summed E-state index contributed by atoms with van der Waals surface area (Å²) in [5.74, 6) is -1.92. The van der Waals surface area contributed by atoms with E-state index >= 15 is 0 Å². The van der Waals surface area contributed by atoms with Gasteiger partial charge in [0.25, 0.3) is 6.10 Å². The minimum Gasteiger partial charge on any atom is -0.741 e. The number of ether oxygens (including phenoxy) is 5. The molecule has 2 atom stereocenters. The normalized spacial score (nSPS) is 14.6. The lowest BCUT2D eigenvalue weighted by Crippen LogP contribution is -2.58. The first kappa shape index (κ1) is 60.0. The number of likely N-dealkylation sites (tertiary alicyclic amines) is 1. The second-order valence-corrected chi connectivity index (χ2v) is 22.2. The highest BCUT2D eigenvalue weighted by Gasteiger charge is 2.38. The van der Waals surface area contributed by atoms with E-state index in [4.69, 9.17) is 41.5 Å². The Balaban J connectivity index is 0.00000157. The second-order valence-electron chi connectivity index (χ2n) is 20.0. The molecule has 3 heterocycles. The molecule has 72 heavy (non-hydrogen) atoms. The first-order chi connectivity index (χ1) is 32.8. The van der Waals surface area contributed by atoms with Crippen LogP contribution in [0.4, 0.5) is 32.7 Å². The Hall–Kier alpha value is -6.26. The van der Waals surface area contributed by atoms with Crippen LogP contribution in [0.25, 0.3) is 11.1 Å². The lowest BCUT2D eigenvalue weighted by atomic mass is 10.0. The number of nitrogens with one attached hydrogen (secondary N) is 2. The number of hydrogen-bond acceptors (Lipinski definition) is 18. The number of nitrogens with zero attached hydrogens (tertiary/aromatic N) is 5. The molecule has 0 aliphatic carbocycles. The fraction of sp³-hybridized carbons (Fsp3) is 0.591. The van der Waals surface area contributed by atoms with Crippen molar-refractivity contribution in [2.45, 2.75) is 136 Å². The van der Waals surface area contributed by atoms with E-state index in [0.29, 0.717) is 25.4 Å². The molecule has 28 heteroatoms. The van der Waals surface area contributed by atoms with Gasteiger partial charge in [0.1, 0.15) is 47.0 Å². The Kier molecular flexibility index (Phi) is 20.0. The quantitative estimate of drug-likeness (QED) is 0.0256. The zero-order valence-corrected chi connectivity index (χ0v) is 43.4. The van der Waals surface area contributed by atoms with Crippen molar-refractivity contribution >= 4 is 62.5 Å². The van der Waals surface area contributed by atoms with Gasteiger partial charge in [0.15, 0.2) is 21.8 Å². The lowest BCUT2D eigenvalue weighted by Gasteiger charge is -2.38. The minimum absolute atomic E-state index is 0.0511. The largest absolute Gasteiger partial charge is 0.741 e. The molecule has 0 spiro atoms. The summed E-state index contributed by atoms with van der Waals surface area (Å²) in [5.41, 5.74) is -7.86. The number of aliphatic hydroxyl groups excluding tert-OH is 1. The Morgan fingerprint density at radius 1 is 0.875 bits per heavy atom. The molecule has 1 aliphatic heterocycles. The van der Waals surface area contributed by atoms with Gasteiger partial charge in [-0.15, -0.1) is 16.0 Å². The predicted octanol–water partition coefficient (Wildman–Crippen LogP) is 5.64. The Morgan fingerprint density at radius 2 is 1.42 bits per heavy atom. The van der Waals surface area contributed by atoms with Crippen molar-refractivity contribution < 1.29 is 93.5 Å². The van der Waals surface area contributed by atoms with Crippen LogP contribution in [-0.4, -0.2) is 140 Å². The van der Waals surface area contributed by atoms with Crippen LogP contribution in [0, 0.1) is 5.92 Å². The molecule has 0 saturated carbocycles. The van der Waals surface area contributed by atoms with Gasteiger partial charge in [-0.3, -0.25) is 5.32 Å². The van der Waals surface area contributed by atoms with Gasteiger partial charge in [0.2, 0.25) is 11.9 Å². The Labute approximate surface area is 418 Å². The highest BCUT2D eigenvalue weighted by molar-refractivity contribution is 7.86. The molecule has 2 aromatic heterocycles. The molecule has 0 bridgehead atoms. The minimum atomic E-state index is -6.09. The van der Waals surface area contributed by atoms with Crippen molar-refractivity contribution in [2.24, 2.45) is 11.1 Å². The third-order valence-electron chi connectivity index (χ3n) is 8.61. The summed E-state index contributed by atoms with van der Waals surface area (Å²) in [6.45, 7) is 21.9. The van der Waals surface area contributed by atoms with Gasteiger partial charge in [-0.1, -0.05) is 17.3 Å². The number of rotatable bonds is 16. The molecule has 23 nitrogen and oxygen atoms in total. The highest BCUT2D eigenvalue weighted by Crippen LogP contribution is 2.25. The van der Waals surface area contributed by atoms with E-state index in [1.165, 1.54) is 5.38 Å². The van der Waals surface area contributed by atoms with Crippen molar-refractivity contribution in [1.82, 2.24) is 19.9 Å². The van der Waals surface area contributed by atoms with E-state index in [-0.39, 0.29) is 35.9 Å². The third-order valence-corrected chi connectivity index (χ3v) is 9.93. The van der Waals surface area contributed by atoms with Crippen molar-refractivity contribution in [3.05, 3.63) is 47.7 Å². The number of oxime groups is 1. The van der Waals surface area contributed by atoms with E-state index in [2.05, 4.69) is 20.8 Å². The number of carboxylic acids is 1. The molecule has 1 aliphatic rings. The number of carboxylic acid groups (broad SMARTS) is 1. The van der Waals surface area contributed by atoms with Gasteiger partial charge < -0.3 is 53.5 Å². The first-order valence-electron chi connectivity index (χ1n) is 21.9. The molecule has 0 radical (unpaired) electrons. The maximum Gasteiger partial charge on any atom is 0.485 e. The summed E-state index contributed by atoms with van der Waals surface area (Å²) in [7, 11) is -6.09. The first-order valence-corrected chi connectivity index (χ1v) is 24.2. The SMILES string of the molecule is CC(C)(C)OC(=O)NC[C@H](O)Cn1cc(-c2ccc(OC[C@H](O/N=C(\C(=O)O)c3csc(NC(=O)OC(C)(C)C)n3)C(=O)OC(C)(C)C)cc2)c[n+]1CC1CN(C(=O)OC(C)(C)C)C1.O=S(=O)([O-])C(F)(F)F. The van der Waals surface area contributed by atoms with Crippen LogP contribution < -0.4 is 20.1 Å². The van der Waals surface area contributed by atoms with Gasteiger partial charge in [0, 0.05) is 25.0 Å². The molecule has 0 unspecified atom stereocenters. The number of amides is 3. The zero-order chi connectivity index (χ0) is 54.8. The van der Waals surface area contributed by atoms with Gasteiger partial charge in [0.05, 0.1) is 23.8 Å².